The van der Waals surface area contributed by atoms with Gasteiger partial charge < -0.3 is 14.6 Å². The third-order valence-corrected chi connectivity index (χ3v) is 3.95. The van der Waals surface area contributed by atoms with Gasteiger partial charge in [-0.2, -0.15) is 0 Å². The molecule has 1 aromatic heterocycles. The van der Waals surface area contributed by atoms with E-state index in [0.717, 1.165) is 19.3 Å². The van der Waals surface area contributed by atoms with Crippen LogP contribution in [0.5, 0.6) is 0 Å². The number of aromatic nitrogens is 1. The van der Waals surface area contributed by atoms with Crippen LogP contribution in [-0.2, 0) is 16.6 Å². The summed E-state index contributed by atoms with van der Waals surface area (Å²) < 4.78 is 6.70. The molecular weight excluding hydrogens is 256 g/mol. The molecule has 0 spiro atoms. The predicted octanol–water partition coefficient (Wildman–Crippen LogP) is 1.88. The number of ether oxygens (including phenoxy) is 1. The first-order valence-corrected chi connectivity index (χ1v) is 7.15. The molecule has 1 aliphatic carbocycles. The van der Waals surface area contributed by atoms with Crippen molar-refractivity contribution in [2.24, 2.45) is 13.0 Å². The van der Waals surface area contributed by atoms with Crippen LogP contribution in [0, 0.1) is 5.92 Å². The highest BCUT2D eigenvalue weighted by Gasteiger charge is 2.23. The molecule has 1 amide bonds. The second-order valence-corrected chi connectivity index (χ2v) is 5.52. The molecule has 1 N–H and O–H groups in total. The fourth-order valence-electron chi connectivity index (χ4n) is 2.66. The lowest BCUT2D eigenvalue weighted by atomic mass is 9.86. The minimum absolute atomic E-state index is 0.213. The van der Waals surface area contributed by atoms with E-state index >= 15 is 0 Å². The van der Waals surface area contributed by atoms with Gasteiger partial charge >= 0.3 is 5.97 Å². The SMILES string of the molecule is C[C@H]1CCCC[C@H]1NC(=O)COC(=O)c1cccn1C. The molecule has 1 aromatic rings. The molecule has 2 atom stereocenters. The Kier molecular flexibility index (Phi) is 4.82. The highest BCUT2D eigenvalue weighted by atomic mass is 16.5. The van der Waals surface area contributed by atoms with Gasteiger partial charge in [0.1, 0.15) is 5.69 Å². The van der Waals surface area contributed by atoms with Gasteiger partial charge in [0.05, 0.1) is 0 Å². The van der Waals surface area contributed by atoms with Crippen LogP contribution in [0.1, 0.15) is 43.1 Å². The zero-order valence-corrected chi connectivity index (χ0v) is 12.1. The van der Waals surface area contributed by atoms with Gasteiger partial charge in [-0.15, -0.1) is 0 Å². The summed E-state index contributed by atoms with van der Waals surface area (Å²) in [6.07, 6.45) is 6.31. The summed E-state index contributed by atoms with van der Waals surface area (Å²) in [5.41, 5.74) is 0.448. The summed E-state index contributed by atoms with van der Waals surface area (Å²) in [6, 6.07) is 3.65. The van der Waals surface area contributed by atoms with E-state index in [9.17, 15) is 9.59 Å². The largest absolute Gasteiger partial charge is 0.451 e. The number of carbonyl (C=O) groups is 2. The lowest BCUT2D eigenvalue weighted by molar-refractivity contribution is -0.125. The monoisotopic (exact) mass is 278 g/mol. The van der Waals surface area contributed by atoms with Crippen molar-refractivity contribution in [3.8, 4) is 0 Å². The second kappa shape index (κ2) is 6.59. The fourth-order valence-corrected chi connectivity index (χ4v) is 2.66. The second-order valence-electron chi connectivity index (χ2n) is 5.52. The van der Waals surface area contributed by atoms with Crippen molar-refractivity contribution < 1.29 is 14.3 Å². The van der Waals surface area contributed by atoms with Crippen molar-refractivity contribution in [1.29, 1.82) is 0 Å². The Morgan fingerprint density at radius 3 is 2.80 bits per heavy atom. The maximum absolute atomic E-state index is 11.8. The van der Waals surface area contributed by atoms with Crippen LogP contribution in [0.4, 0.5) is 0 Å². The van der Waals surface area contributed by atoms with Crippen molar-refractivity contribution in [3.63, 3.8) is 0 Å². The van der Waals surface area contributed by atoms with Crippen molar-refractivity contribution in [2.45, 2.75) is 38.6 Å². The molecule has 1 aliphatic rings. The first kappa shape index (κ1) is 14.6. The van der Waals surface area contributed by atoms with E-state index in [4.69, 9.17) is 4.74 Å². The number of esters is 1. The molecule has 2 rings (SSSR count). The molecule has 0 aromatic carbocycles. The van der Waals surface area contributed by atoms with E-state index in [1.807, 2.05) is 0 Å². The van der Waals surface area contributed by atoms with Crippen LogP contribution < -0.4 is 5.32 Å². The maximum Gasteiger partial charge on any atom is 0.355 e. The summed E-state index contributed by atoms with van der Waals surface area (Å²) >= 11 is 0. The Morgan fingerprint density at radius 1 is 1.40 bits per heavy atom. The number of carbonyl (C=O) groups excluding carboxylic acids is 2. The van der Waals surface area contributed by atoms with Crippen LogP contribution in [0.2, 0.25) is 0 Å². The highest BCUT2D eigenvalue weighted by molar-refractivity contribution is 5.89. The highest BCUT2D eigenvalue weighted by Crippen LogP contribution is 2.23. The first-order valence-electron chi connectivity index (χ1n) is 7.15. The fraction of sp³-hybridized carbons (Fsp3) is 0.600. The zero-order valence-electron chi connectivity index (χ0n) is 12.1. The van der Waals surface area contributed by atoms with Crippen LogP contribution in [0.25, 0.3) is 0 Å². The van der Waals surface area contributed by atoms with E-state index in [-0.39, 0.29) is 18.6 Å². The topological polar surface area (TPSA) is 60.3 Å². The van der Waals surface area contributed by atoms with E-state index in [1.165, 1.54) is 6.42 Å². The van der Waals surface area contributed by atoms with Crippen molar-refractivity contribution >= 4 is 11.9 Å². The summed E-state index contributed by atoms with van der Waals surface area (Å²) in [5.74, 6) is -0.188. The van der Waals surface area contributed by atoms with Crippen molar-refractivity contribution in [2.75, 3.05) is 6.61 Å². The Bertz CT molecular complexity index is 481. The molecule has 0 unspecified atom stereocenters. The summed E-state index contributed by atoms with van der Waals surface area (Å²) in [6.45, 7) is 1.94. The molecule has 0 aliphatic heterocycles. The van der Waals surface area contributed by atoms with Crippen LogP contribution >= 0.6 is 0 Å². The lowest BCUT2D eigenvalue weighted by Gasteiger charge is -2.29. The molecule has 20 heavy (non-hydrogen) atoms. The molecule has 110 valence electrons. The Labute approximate surface area is 119 Å². The van der Waals surface area contributed by atoms with Crippen LogP contribution in [-0.4, -0.2) is 29.1 Å². The summed E-state index contributed by atoms with van der Waals surface area (Å²) in [7, 11) is 1.76. The maximum atomic E-state index is 11.8. The minimum atomic E-state index is -0.468. The molecule has 5 heteroatoms. The predicted molar refractivity (Wildman–Crippen MR) is 75.3 cm³/mol. The molecule has 5 nitrogen and oxygen atoms in total. The smallest absolute Gasteiger partial charge is 0.355 e. The number of rotatable bonds is 4. The van der Waals surface area contributed by atoms with Crippen molar-refractivity contribution in [1.82, 2.24) is 9.88 Å². The van der Waals surface area contributed by atoms with Crippen molar-refractivity contribution in [3.05, 3.63) is 24.0 Å². The first-order chi connectivity index (χ1) is 9.58. The van der Waals surface area contributed by atoms with E-state index in [2.05, 4.69) is 12.2 Å². The van der Waals surface area contributed by atoms with Gasteiger partial charge in [-0.05, 0) is 30.9 Å². The number of nitrogens with zero attached hydrogens (tertiary/aromatic N) is 1. The molecule has 1 heterocycles. The normalized spacial score (nSPS) is 22.3. The average molecular weight is 278 g/mol. The van der Waals surface area contributed by atoms with E-state index in [0.29, 0.717) is 11.6 Å². The number of aryl methyl sites for hydroxylation is 1. The van der Waals surface area contributed by atoms with Gasteiger partial charge in [-0.3, -0.25) is 4.79 Å². The van der Waals surface area contributed by atoms with Gasteiger partial charge in [-0.1, -0.05) is 19.8 Å². The summed E-state index contributed by atoms with van der Waals surface area (Å²) in [4.78, 5) is 23.6. The zero-order chi connectivity index (χ0) is 14.5. The standard InChI is InChI=1S/C15H22N2O3/c1-11-6-3-4-7-12(11)16-14(18)10-20-15(19)13-8-5-9-17(13)2/h5,8-9,11-12H,3-4,6-7,10H2,1-2H3,(H,16,18)/t11-,12+/m0/s1. The van der Waals surface area contributed by atoms with Gasteiger partial charge in [0, 0.05) is 19.3 Å². The third-order valence-electron chi connectivity index (χ3n) is 3.95. The van der Waals surface area contributed by atoms with Crippen LogP contribution in [0.3, 0.4) is 0 Å². The molecule has 0 bridgehead atoms. The third kappa shape index (κ3) is 3.62. The number of hydrogen-bond acceptors (Lipinski definition) is 3. The molecule has 0 radical (unpaired) electrons. The van der Waals surface area contributed by atoms with Gasteiger partial charge in [0.2, 0.25) is 0 Å². The Morgan fingerprint density at radius 2 is 2.15 bits per heavy atom. The molecule has 1 saturated carbocycles. The van der Waals surface area contributed by atoms with Crippen LogP contribution in [0.15, 0.2) is 18.3 Å². The number of amides is 1. The molecule has 1 fully saturated rings. The number of nitrogens with one attached hydrogen (secondary N) is 1. The Balaban J connectivity index is 1.77. The molecular formula is C15H22N2O3. The lowest BCUT2D eigenvalue weighted by Crippen LogP contribution is -2.42. The average Bonchev–Trinajstić information content (AvgIpc) is 2.85. The van der Waals surface area contributed by atoms with E-state index in [1.54, 1.807) is 29.9 Å². The van der Waals surface area contributed by atoms with Gasteiger partial charge in [0.15, 0.2) is 6.61 Å². The van der Waals surface area contributed by atoms with Gasteiger partial charge in [-0.25, -0.2) is 4.79 Å². The molecule has 0 saturated heterocycles. The van der Waals surface area contributed by atoms with E-state index < -0.39 is 5.97 Å². The Hall–Kier alpha value is -1.78. The minimum Gasteiger partial charge on any atom is -0.451 e. The number of hydrogen-bond donors (Lipinski definition) is 1. The van der Waals surface area contributed by atoms with Gasteiger partial charge in [0.25, 0.3) is 5.91 Å². The summed E-state index contributed by atoms with van der Waals surface area (Å²) in [5, 5.41) is 2.96. The quantitative estimate of drug-likeness (QED) is 0.855.